The van der Waals surface area contributed by atoms with E-state index in [2.05, 4.69) is 63.9 Å². The molecule has 4 aromatic rings. The number of hydrogen-bond donors (Lipinski definition) is 3. The average Bonchev–Trinajstić information content (AvgIpc) is 3.07. The molecule has 0 fully saturated rings. The molecule has 1 aromatic heterocycles. The molecular formula is C23H19ClN7Na3O13S4. The number of aromatic nitrogens is 3. The quantitative estimate of drug-likeness (QED) is 0.0187. The third kappa shape index (κ3) is 15.8. The van der Waals surface area contributed by atoms with Gasteiger partial charge in [-0.3, -0.25) is 19.3 Å². The number of azo groups is 1. The van der Waals surface area contributed by atoms with Crippen LogP contribution in [0.1, 0.15) is 0 Å². The Bertz CT molecular complexity index is 1810. The van der Waals surface area contributed by atoms with Gasteiger partial charge in [0, 0.05) is 35.4 Å². The maximum Gasteiger partial charge on any atom is 1.00 e. The molecule has 0 aliphatic heterocycles. The SMILES string of the molecule is O=S(=O)(CCOSOO[O-])c1ccc(N=Nc2c(SOO[O-])cc3ccc(Nc4nc(Cl)nc(NCCSOO[O-])n4)cc3c2O)cc1.[Na+].[Na+].[Na+]. The first-order valence-corrected chi connectivity index (χ1v) is 17.0. The summed E-state index contributed by atoms with van der Waals surface area (Å²) >= 11 is 7.48. The van der Waals surface area contributed by atoms with Crippen molar-refractivity contribution in [1.29, 1.82) is 0 Å². The van der Waals surface area contributed by atoms with Crippen LogP contribution in [0, 0.1) is 0 Å². The normalized spacial score (nSPS) is 11.1. The van der Waals surface area contributed by atoms with Crippen molar-refractivity contribution < 1.29 is 150 Å². The number of aromatic hydroxyl groups is 1. The van der Waals surface area contributed by atoms with Crippen LogP contribution in [0.15, 0.2) is 68.6 Å². The van der Waals surface area contributed by atoms with Crippen molar-refractivity contribution in [2.75, 3.05) is 35.3 Å². The number of sulfone groups is 1. The van der Waals surface area contributed by atoms with Crippen LogP contribution in [0.3, 0.4) is 0 Å². The average molecular weight is 834 g/mol. The predicted molar refractivity (Wildman–Crippen MR) is 163 cm³/mol. The van der Waals surface area contributed by atoms with E-state index in [9.17, 15) is 29.3 Å². The molecule has 0 amide bonds. The molecule has 1 heterocycles. The fourth-order valence-corrected chi connectivity index (χ4v) is 6.01. The summed E-state index contributed by atoms with van der Waals surface area (Å²) in [6, 6.07) is 11.8. The molecule has 3 N–H and O–H groups in total. The van der Waals surface area contributed by atoms with Crippen LogP contribution in [0.2, 0.25) is 5.28 Å². The van der Waals surface area contributed by atoms with E-state index in [1.165, 1.54) is 24.3 Å². The fourth-order valence-electron chi connectivity index (χ4n) is 3.66. The maximum atomic E-state index is 12.5. The van der Waals surface area contributed by atoms with Gasteiger partial charge in [0.2, 0.25) is 17.2 Å². The summed E-state index contributed by atoms with van der Waals surface area (Å²) in [6.07, 6.45) is 0. The van der Waals surface area contributed by atoms with Crippen molar-refractivity contribution in [3.05, 3.63) is 53.8 Å². The first kappa shape index (κ1) is 48.8. The third-order valence-electron chi connectivity index (χ3n) is 5.61. The second kappa shape index (κ2) is 25.8. The van der Waals surface area contributed by atoms with E-state index in [0.29, 0.717) is 40.8 Å². The van der Waals surface area contributed by atoms with Crippen LogP contribution in [-0.4, -0.2) is 53.1 Å². The molecule has 28 heteroatoms. The van der Waals surface area contributed by atoms with Crippen molar-refractivity contribution in [1.82, 2.24) is 15.0 Å². The molecule has 20 nitrogen and oxygen atoms in total. The van der Waals surface area contributed by atoms with E-state index >= 15 is 0 Å². The Kier molecular flexibility index (Phi) is 24.7. The topological polar surface area (TPSA) is 276 Å². The van der Waals surface area contributed by atoms with Crippen molar-refractivity contribution in [3.63, 3.8) is 0 Å². The van der Waals surface area contributed by atoms with Crippen molar-refractivity contribution in [2.24, 2.45) is 10.2 Å². The minimum Gasteiger partial charge on any atom is -0.691 e. The van der Waals surface area contributed by atoms with E-state index in [4.69, 9.17) is 15.8 Å². The van der Waals surface area contributed by atoms with E-state index in [-0.39, 0.29) is 152 Å². The largest absolute Gasteiger partial charge is 1.00 e. The number of phenolic OH excluding ortho intramolecular Hbond substituents is 1. The number of rotatable bonds is 20. The fraction of sp³-hybridized carbons (Fsp3) is 0.174. The monoisotopic (exact) mass is 833 g/mol. The third-order valence-corrected chi connectivity index (χ3v) is 8.99. The number of benzene rings is 3. The molecule has 0 unspecified atom stereocenters. The molecule has 0 bridgehead atoms. The van der Waals surface area contributed by atoms with Crippen molar-refractivity contribution >= 4 is 97.6 Å². The standard InChI is InChI=1S/C23H22ClN7O13S4.3Na/c24-21-27-22(25-7-9-45-42-39-33)29-23(28-21)26-15-2-1-13-11-18(46-43-40-34)19(20(32)17(13)12-15)31-30-14-3-5-16(6-4-14)48(36,37)10-8-38-47-44-41-35;;;/h1-6,11-12,32-35H,7-10H2,(H2,25,26,27,28,29);;;/q;3*+1/p-3. The molecule has 0 saturated carbocycles. The van der Waals surface area contributed by atoms with Gasteiger partial charge in [0.1, 0.15) is 5.69 Å². The molecular weight excluding hydrogens is 815 g/mol. The Morgan fingerprint density at radius 1 is 0.882 bits per heavy atom. The number of nitrogens with zero attached hydrogens (tertiary/aromatic N) is 5. The van der Waals surface area contributed by atoms with Crippen LogP contribution >= 0.6 is 48.0 Å². The summed E-state index contributed by atoms with van der Waals surface area (Å²) in [5, 5.41) is 65.9. The number of anilines is 3. The van der Waals surface area contributed by atoms with E-state index in [1.807, 2.05) is 0 Å². The smallest absolute Gasteiger partial charge is 0.691 e. The Hall–Kier alpha value is -0.180. The molecule has 0 atom stereocenters. The van der Waals surface area contributed by atoms with Gasteiger partial charge in [-0.1, -0.05) is 6.07 Å². The molecule has 0 aliphatic carbocycles. The van der Waals surface area contributed by atoms with Gasteiger partial charge in [-0.25, -0.2) is 8.42 Å². The minimum absolute atomic E-state index is 0. The summed E-state index contributed by atoms with van der Waals surface area (Å²) in [7, 11) is -3.76. The van der Waals surface area contributed by atoms with Crippen molar-refractivity contribution in [3.8, 4) is 5.75 Å². The molecule has 0 saturated heterocycles. The van der Waals surface area contributed by atoms with Gasteiger partial charge in [0.05, 0.1) is 39.9 Å². The first-order valence-electron chi connectivity index (χ1n) is 12.7. The minimum atomic E-state index is -3.76. The van der Waals surface area contributed by atoms with Gasteiger partial charge < -0.3 is 31.5 Å². The van der Waals surface area contributed by atoms with Gasteiger partial charge >= 0.3 is 88.7 Å². The van der Waals surface area contributed by atoms with E-state index < -0.39 is 15.6 Å². The van der Waals surface area contributed by atoms with Crippen LogP contribution in [0.4, 0.5) is 29.0 Å². The van der Waals surface area contributed by atoms with Crippen LogP contribution in [0.25, 0.3) is 10.8 Å². The van der Waals surface area contributed by atoms with Crippen molar-refractivity contribution in [2.45, 2.75) is 9.79 Å². The summed E-state index contributed by atoms with van der Waals surface area (Å²) in [5.74, 6) is -0.243. The number of halogens is 1. The Morgan fingerprint density at radius 3 is 2.29 bits per heavy atom. The number of hydrogen-bond acceptors (Lipinski definition) is 23. The van der Waals surface area contributed by atoms with Crippen LogP contribution < -0.4 is 115 Å². The van der Waals surface area contributed by atoms with Crippen LogP contribution in [0.5, 0.6) is 5.75 Å². The second-order valence-electron chi connectivity index (χ2n) is 8.53. The van der Waals surface area contributed by atoms with Gasteiger partial charge in [-0.15, -0.1) is 9.45 Å². The number of nitrogens with one attached hydrogen (secondary N) is 2. The first-order chi connectivity index (χ1) is 23.2. The zero-order valence-electron chi connectivity index (χ0n) is 26.5. The van der Waals surface area contributed by atoms with Gasteiger partial charge in [0.25, 0.3) is 0 Å². The zero-order valence-corrected chi connectivity index (χ0v) is 36.6. The second-order valence-corrected chi connectivity index (χ2v) is 13.0. The molecule has 0 aliphatic rings. The molecule has 3 aromatic carbocycles. The zero-order chi connectivity index (χ0) is 34.4. The summed E-state index contributed by atoms with van der Waals surface area (Å²) < 4.78 is 42.3. The summed E-state index contributed by atoms with van der Waals surface area (Å²) in [4.78, 5) is 12.4. The van der Waals surface area contributed by atoms with Gasteiger partial charge in [-0.2, -0.15) is 28.7 Å². The van der Waals surface area contributed by atoms with Gasteiger partial charge in [-0.05, 0) is 59.5 Å². The predicted octanol–water partition coefficient (Wildman–Crippen LogP) is -6.35. The maximum absolute atomic E-state index is 12.5. The summed E-state index contributed by atoms with van der Waals surface area (Å²) in [5.41, 5.74) is 0.544. The molecule has 0 spiro atoms. The number of phenols is 1. The Balaban J connectivity index is 0.00000433. The molecule has 0 radical (unpaired) electrons. The van der Waals surface area contributed by atoms with E-state index in [1.54, 1.807) is 24.3 Å². The van der Waals surface area contributed by atoms with E-state index in [0.717, 1.165) is 12.0 Å². The molecule has 258 valence electrons. The molecule has 51 heavy (non-hydrogen) atoms. The molecule has 4 rings (SSSR count). The summed E-state index contributed by atoms with van der Waals surface area (Å²) in [6.45, 7) is 0.0107. The number of fused-ring (bicyclic) bond motifs is 1. The van der Waals surface area contributed by atoms with Crippen LogP contribution in [-0.2, 0) is 42.1 Å². The Morgan fingerprint density at radius 2 is 1.59 bits per heavy atom. The van der Waals surface area contributed by atoms with Gasteiger partial charge in [0.15, 0.2) is 27.9 Å². The Labute approximate surface area is 373 Å².